The Morgan fingerprint density at radius 2 is 2.20 bits per heavy atom. The third kappa shape index (κ3) is 2.68. The molecule has 0 radical (unpaired) electrons. The van der Waals surface area contributed by atoms with Crippen molar-refractivity contribution >= 4 is 11.7 Å². The van der Waals surface area contributed by atoms with Gasteiger partial charge in [0.05, 0.1) is 0 Å². The van der Waals surface area contributed by atoms with Crippen LogP contribution in [0.5, 0.6) is 0 Å². The average Bonchev–Trinajstić information content (AvgIpc) is 2.26. The molecule has 1 aromatic rings. The number of pyridine rings is 1. The Labute approximate surface area is 90.3 Å². The van der Waals surface area contributed by atoms with Crippen molar-refractivity contribution in [3.63, 3.8) is 0 Å². The standard InChI is InChI=1S/C11H17N3O/c1-5-14(4)11(15)9-6-8(2)13-10(7-9)12-3/h6-7H,5H2,1-4H3,(H,12,13). The van der Waals surface area contributed by atoms with Gasteiger partial charge in [0.25, 0.3) is 5.91 Å². The Kier molecular flexibility index (Phi) is 3.66. The van der Waals surface area contributed by atoms with Gasteiger partial charge in [0.1, 0.15) is 5.82 Å². The summed E-state index contributed by atoms with van der Waals surface area (Å²) in [5.41, 5.74) is 1.52. The third-order valence-electron chi connectivity index (χ3n) is 2.28. The van der Waals surface area contributed by atoms with Crippen LogP contribution in [-0.2, 0) is 0 Å². The van der Waals surface area contributed by atoms with E-state index < -0.39 is 0 Å². The van der Waals surface area contributed by atoms with Gasteiger partial charge in [-0.3, -0.25) is 4.79 Å². The lowest BCUT2D eigenvalue weighted by atomic mass is 10.2. The molecule has 0 aliphatic heterocycles. The van der Waals surface area contributed by atoms with Gasteiger partial charge in [-0.05, 0) is 26.0 Å². The molecule has 0 bridgehead atoms. The topological polar surface area (TPSA) is 45.2 Å². The monoisotopic (exact) mass is 207 g/mol. The fourth-order valence-corrected chi connectivity index (χ4v) is 1.28. The molecule has 4 nitrogen and oxygen atoms in total. The van der Waals surface area contributed by atoms with Crippen molar-refractivity contribution in [2.45, 2.75) is 13.8 Å². The van der Waals surface area contributed by atoms with E-state index in [0.717, 1.165) is 11.5 Å². The fourth-order valence-electron chi connectivity index (χ4n) is 1.28. The van der Waals surface area contributed by atoms with Crippen molar-refractivity contribution in [1.82, 2.24) is 9.88 Å². The maximum Gasteiger partial charge on any atom is 0.253 e. The van der Waals surface area contributed by atoms with E-state index in [1.165, 1.54) is 0 Å². The molecule has 1 rings (SSSR count). The number of nitrogens with zero attached hydrogens (tertiary/aromatic N) is 2. The van der Waals surface area contributed by atoms with E-state index in [1.54, 1.807) is 31.1 Å². The first-order chi connectivity index (χ1) is 7.08. The van der Waals surface area contributed by atoms with Crippen molar-refractivity contribution in [1.29, 1.82) is 0 Å². The largest absolute Gasteiger partial charge is 0.373 e. The number of rotatable bonds is 3. The summed E-state index contributed by atoms with van der Waals surface area (Å²) in [7, 11) is 3.58. The number of nitrogens with one attached hydrogen (secondary N) is 1. The maximum atomic E-state index is 11.9. The predicted molar refractivity (Wildman–Crippen MR) is 61.2 cm³/mol. The molecule has 0 fully saturated rings. The summed E-state index contributed by atoms with van der Waals surface area (Å²) in [4.78, 5) is 17.8. The van der Waals surface area contributed by atoms with Gasteiger partial charge in [-0.15, -0.1) is 0 Å². The number of aryl methyl sites for hydroxylation is 1. The molecule has 0 atom stereocenters. The lowest BCUT2D eigenvalue weighted by molar-refractivity contribution is 0.0802. The van der Waals surface area contributed by atoms with Gasteiger partial charge in [0, 0.05) is 31.9 Å². The maximum absolute atomic E-state index is 11.9. The van der Waals surface area contributed by atoms with Gasteiger partial charge in [-0.25, -0.2) is 4.98 Å². The normalized spacial score (nSPS) is 9.87. The zero-order valence-corrected chi connectivity index (χ0v) is 9.66. The number of carbonyl (C=O) groups is 1. The summed E-state index contributed by atoms with van der Waals surface area (Å²) in [6.07, 6.45) is 0. The Morgan fingerprint density at radius 1 is 1.53 bits per heavy atom. The van der Waals surface area contributed by atoms with Crippen molar-refractivity contribution < 1.29 is 4.79 Å². The minimum absolute atomic E-state index is 0.0273. The van der Waals surface area contributed by atoms with E-state index in [2.05, 4.69) is 10.3 Å². The van der Waals surface area contributed by atoms with Crippen LogP contribution in [-0.4, -0.2) is 36.4 Å². The molecule has 1 heterocycles. The van der Waals surface area contributed by atoms with Gasteiger partial charge in [0.2, 0.25) is 0 Å². The lowest BCUT2D eigenvalue weighted by Crippen LogP contribution is -2.26. The van der Waals surface area contributed by atoms with E-state index in [0.29, 0.717) is 12.1 Å². The molecule has 4 heteroatoms. The van der Waals surface area contributed by atoms with Crippen LogP contribution in [0.25, 0.3) is 0 Å². The molecular weight excluding hydrogens is 190 g/mol. The molecule has 1 aromatic heterocycles. The van der Waals surface area contributed by atoms with Crippen molar-refractivity contribution in [2.24, 2.45) is 0 Å². The van der Waals surface area contributed by atoms with E-state index in [1.807, 2.05) is 13.8 Å². The van der Waals surface area contributed by atoms with Gasteiger partial charge in [-0.2, -0.15) is 0 Å². The first kappa shape index (κ1) is 11.5. The molecule has 0 saturated heterocycles. The highest BCUT2D eigenvalue weighted by Crippen LogP contribution is 2.11. The highest BCUT2D eigenvalue weighted by Gasteiger charge is 2.11. The quantitative estimate of drug-likeness (QED) is 0.817. The van der Waals surface area contributed by atoms with Crippen molar-refractivity contribution in [3.05, 3.63) is 23.4 Å². The summed E-state index contributed by atoms with van der Waals surface area (Å²) in [5.74, 6) is 0.752. The lowest BCUT2D eigenvalue weighted by Gasteiger charge is -2.15. The zero-order chi connectivity index (χ0) is 11.4. The second-order valence-electron chi connectivity index (χ2n) is 3.45. The summed E-state index contributed by atoms with van der Waals surface area (Å²) in [6.45, 7) is 4.53. The number of aromatic nitrogens is 1. The highest BCUT2D eigenvalue weighted by molar-refractivity contribution is 5.94. The van der Waals surface area contributed by atoms with E-state index in [9.17, 15) is 4.79 Å². The Bertz CT molecular complexity index is 363. The van der Waals surface area contributed by atoms with Crippen molar-refractivity contribution in [3.8, 4) is 0 Å². The number of anilines is 1. The second-order valence-corrected chi connectivity index (χ2v) is 3.45. The molecule has 0 spiro atoms. The van der Waals surface area contributed by atoms with E-state index >= 15 is 0 Å². The van der Waals surface area contributed by atoms with Gasteiger partial charge < -0.3 is 10.2 Å². The number of hydrogen-bond donors (Lipinski definition) is 1. The van der Waals surface area contributed by atoms with Crippen LogP contribution in [0, 0.1) is 6.92 Å². The third-order valence-corrected chi connectivity index (χ3v) is 2.28. The smallest absolute Gasteiger partial charge is 0.253 e. The molecule has 0 saturated carbocycles. The molecule has 0 aliphatic rings. The summed E-state index contributed by atoms with van der Waals surface area (Å²) < 4.78 is 0. The Morgan fingerprint density at radius 3 is 2.73 bits per heavy atom. The van der Waals surface area contributed by atoms with Crippen molar-refractivity contribution in [2.75, 3.05) is 26.0 Å². The number of carbonyl (C=O) groups excluding carboxylic acids is 1. The first-order valence-electron chi connectivity index (χ1n) is 5.00. The minimum Gasteiger partial charge on any atom is -0.373 e. The molecule has 0 aromatic carbocycles. The molecule has 82 valence electrons. The molecule has 0 aliphatic carbocycles. The molecule has 15 heavy (non-hydrogen) atoms. The van der Waals surface area contributed by atoms with E-state index in [4.69, 9.17) is 0 Å². The van der Waals surface area contributed by atoms with Crippen LogP contribution in [0.2, 0.25) is 0 Å². The SMILES string of the molecule is CCN(C)C(=O)c1cc(C)nc(NC)c1. The minimum atomic E-state index is 0.0273. The molecule has 1 amide bonds. The van der Waals surface area contributed by atoms with Crippen LogP contribution in [0.1, 0.15) is 23.0 Å². The summed E-state index contributed by atoms with van der Waals surface area (Å²) in [5, 5.41) is 2.94. The molecule has 1 N–H and O–H groups in total. The van der Waals surface area contributed by atoms with E-state index in [-0.39, 0.29) is 5.91 Å². The summed E-state index contributed by atoms with van der Waals surface area (Å²) in [6, 6.07) is 3.57. The van der Waals surface area contributed by atoms with Crippen LogP contribution in [0.4, 0.5) is 5.82 Å². The van der Waals surface area contributed by atoms with Gasteiger partial charge in [-0.1, -0.05) is 0 Å². The van der Waals surface area contributed by atoms with Crippen LogP contribution >= 0.6 is 0 Å². The average molecular weight is 207 g/mol. The highest BCUT2D eigenvalue weighted by atomic mass is 16.2. The van der Waals surface area contributed by atoms with Crippen LogP contribution in [0.15, 0.2) is 12.1 Å². The second kappa shape index (κ2) is 4.77. The summed E-state index contributed by atoms with van der Waals surface area (Å²) >= 11 is 0. The van der Waals surface area contributed by atoms with Crippen LogP contribution in [0.3, 0.4) is 0 Å². The number of hydrogen-bond acceptors (Lipinski definition) is 3. The molecular formula is C11H17N3O. The Hall–Kier alpha value is -1.58. The first-order valence-corrected chi connectivity index (χ1v) is 5.00. The van der Waals surface area contributed by atoms with Gasteiger partial charge in [0.15, 0.2) is 0 Å². The van der Waals surface area contributed by atoms with Crippen LogP contribution < -0.4 is 5.32 Å². The predicted octanol–water partition coefficient (Wildman–Crippen LogP) is 1.52. The fraction of sp³-hybridized carbons (Fsp3) is 0.455. The number of amides is 1. The zero-order valence-electron chi connectivity index (χ0n) is 9.66. The molecule has 0 unspecified atom stereocenters. The van der Waals surface area contributed by atoms with Gasteiger partial charge >= 0.3 is 0 Å². The Balaban J connectivity index is 3.03.